The largest absolute Gasteiger partial charge is 0.525 e. The first-order valence-corrected chi connectivity index (χ1v) is 5.93. The molecule has 66 valence electrons. The monoisotopic (exact) mass is 176 g/mol. The normalized spacial score (nSPS) is 11.3. The van der Waals surface area contributed by atoms with Gasteiger partial charge in [-0.25, -0.2) is 0 Å². The number of ether oxygens (including phenoxy) is 1. The van der Waals surface area contributed by atoms with Crippen LogP contribution in [0.1, 0.15) is 20.3 Å². The molecule has 0 spiro atoms. The SMILES string of the molecule is C[SiH2]OC(=O)CCOC(C)C. The molecule has 0 aliphatic carbocycles. The lowest BCUT2D eigenvalue weighted by molar-refractivity contribution is -0.135. The summed E-state index contributed by atoms with van der Waals surface area (Å²) in [4.78, 5) is 10.8. The summed E-state index contributed by atoms with van der Waals surface area (Å²) in [6.07, 6.45) is 0.584. The van der Waals surface area contributed by atoms with Crippen molar-refractivity contribution in [1.82, 2.24) is 0 Å². The Labute approximate surface area is 70.0 Å². The summed E-state index contributed by atoms with van der Waals surface area (Å²) in [7, 11) is -0.586. The number of hydrogen-bond donors (Lipinski definition) is 0. The van der Waals surface area contributed by atoms with Gasteiger partial charge in [0.1, 0.15) is 0 Å². The van der Waals surface area contributed by atoms with E-state index in [-0.39, 0.29) is 12.1 Å². The summed E-state index contributed by atoms with van der Waals surface area (Å²) in [5, 5.41) is 0. The van der Waals surface area contributed by atoms with Gasteiger partial charge in [0.2, 0.25) is 9.76 Å². The summed E-state index contributed by atoms with van der Waals surface area (Å²) < 4.78 is 10.0. The number of hydrogen-bond acceptors (Lipinski definition) is 3. The van der Waals surface area contributed by atoms with Crippen molar-refractivity contribution in [2.45, 2.75) is 32.9 Å². The highest BCUT2D eigenvalue weighted by Gasteiger charge is 2.01. The quantitative estimate of drug-likeness (QED) is 0.571. The number of carbonyl (C=O) groups is 1. The Morgan fingerprint density at radius 1 is 1.55 bits per heavy atom. The van der Waals surface area contributed by atoms with E-state index in [1.54, 1.807) is 0 Å². The third-order valence-electron chi connectivity index (χ3n) is 1.06. The van der Waals surface area contributed by atoms with Crippen molar-refractivity contribution in [2.75, 3.05) is 6.61 Å². The second-order valence-electron chi connectivity index (χ2n) is 2.47. The molecular weight excluding hydrogens is 160 g/mol. The topological polar surface area (TPSA) is 35.5 Å². The molecule has 0 saturated heterocycles. The molecule has 0 aliphatic rings. The molecule has 0 atom stereocenters. The van der Waals surface area contributed by atoms with Crippen LogP contribution in [0.4, 0.5) is 0 Å². The summed E-state index contributed by atoms with van der Waals surface area (Å²) in [6, 6.07) is 0. The zero-order valence-corrected chi connectivity index (χ0v) is 8.84. The van der Waals surface area contributed by atoms with Crippen LogP contribution >= 0.6 is 0 Å². The fourth-order valence-electron chi connectivity index (χ4n) is 0.611. The predicted molar refractivity (Wildman–Crippen MR) is 46.2 cm³/mol. The Morgan fingerprint density at radius 3 is 2.64 bits per heavy atom. The van der Waals surface area contributed by atoms with Crippen LogP contribution in [-0.4, -0.2) is 28.4 Å². The molecule has 0 N–H and O–H groups in total. The van der Waals surface area contributed by atoms with Gasteiger partial charge in [-0.1, -0.05) is 0 Å². The third-order valence-corrected chi connectivity index (χ3v) is 1.67. The van der Waals surface area contributed by atoms with Crippen molar-refractivity contribution >= 4 is 15.7 Å². The Balaban J connectivity index is 3.17. The Hall–Kier alpha value is -0.353. The lowest BCUT2D eigenvalue weighted by Gasteiger charge is -2.06. The molecule has 0 amide bonds. The van der Waals surface area contributed by atoms with Gasteiger partial charge in [0.05, 0.1) is 19.1 Å². The van der Waals surface area contributed by atoms with E-state index in [2.05, 4.69) is 0 Å². The third kappa shape index (κ3) is 7.54. The highest BCUT2D eigenvalue weighted by atomic mass is 28.2. The van der Waals surface area contributed by atoms with Crippen molar-refractivity contribution in [3.63, 3.8) is 0 Å². The summed E-state index contributed by atoms with van der Waals surface area (Å²) in [5.74, 6) is -0.125. The fourth-order valence-corrected chi connectivity index (χ4v) is 1.08. The second-order valence-corrected chi connectivity index (χ2v) is 3.34. The lowest BCUT2D eigenvalue weighted by atomic mass is 10.4. The summed E-state index contributed by atoms with van der Waals surface area (Å²) in [5.41, 5.74) is 0. The van der Waals surface area contributed by atoms with E-state index in [1.165, 1.54) is 0 Å². The first kappa shape index (κ1) is 10.6. The second kappa shape index (κ2) is 6.36. The van der Waals surface area contributed by atoms with Crippen LogP contribution in [0.25, 0.3) is 0 Å². The van der Waals surface area contributed by atoms with E-state index in [9.17, 15) is 4.79 Å². The van der Waals surface area contributed by atoms with Gasteiger partial charge >= 0.3 is 0 Å². The van der Waals surface area contributed by atoms with Crippen LogP contribution in [0.3, 0.4) is 0 Å². The highest BCUT2D eigenvalue weighted by molar-refractivity contribution is 6.28. The van der Waals surface area contributed by atoms with E-state index < -0.39 is 9.76 Å². The van der Waals surface area contributed by atoms with E-state index in [0.29, 0.717) is 13.0 Å². The van der Waals surface area contributed by atoms with Gasteiger partial charge in [0, 0.05) is 0 Å². The van der Waals surface area contributed by atoms with Gasteiger partial charge in [0.25, 0.3) is 5.97 Å². The molecule has 4 heteroatoms. The van der Waals surface area contributed by atoms with Gasteiger partial charge in [-0.05, 0) is 20.4 Å². The fraction of sp³-hybridized carbons (Fsp3) is 0.857. The van der Waals surface area contributed by atoms with Gasteiger partial charge in [0.15, 0.2) is 0 Å². The molecule has 3 nitrogen and oxygen atoms in total. The lowest BCUT2D eigenvalue weighted by Crippen LogP contribution is -2.12. The van der Waals surface area contributed by atoms with Crippen molar-refractivity contribution in [3.05, 3.63) is 0 Å². The van der Waals surface area contributed by atoms with Crippen LogP contribution in [0.2, 0.25) is 6.55 Å². The average Bonchev–Trinajstić information content (AvgIpc) is 1.87. The number of rotatable bonds is 5. The molecule has 11 heavy (non-hydrogen) atoms. The zero-order chi connectivity index (χ0) is 8.69. The molecule has 0 fully saturated rings. The average molecular weight is 176 g/mol. The molecule has 0 aromatic heterocycles. The first-order valence-electron chi connectivity index (χ1n) is 3.94. The van der Waals surface area contributed by atoms with E-state index in [1.807, 2.05) is 20.4 Å². The number of carbonyl (C=O) groups excluding carboxylic acids is 1. The van der Waals surface area contributed by atoms with Gasteiger partial charge in [-0.2, -0.15) is 0 Å². The van der Waals surface area contributed by atoms with E-state index in [4.69, 9.17) is 9.16 Å². The molecule has 0 aromatic rings. The maximum absolute atomic E-state index is 10.8. The van der Waals surface area contributed by atoms with Gasteiger partial charge in [-0.15, -0.1) is 0 Å². The van der Waals surface area contributed by atoms with Crippen molar-refractivity contribution < 1.29 is 14.0 Å². The highest BCUT2D eigenvalue weighted by Crippen LogP contribution is 1.91. The molecular formula is C7H16O3Si. The minimum absolute atomic E-state index is 0.125. The minimum atomic E-state index is -0.586. The summed E-state index contributed by atoms with van der Waals surface area (Å²) in [6.45, 7) is 6.30. The molecule has 0 radical (unpaired) electrons. The molecule has 0 heterocycles. The van der Waals surface area contributed by atoms with Crippen LogP contribution in [-0.2, 0) is 14.0 Å². The summed E-state index contributed by atoms with van der Waals surface area (Å²) >= 11 is 0. The van der Waals surface area contributed by atoms with Crippen molar-refractivity contribution in [3.8, 4) is 0 Å². The maximum atomic E-state index is 10.8. The van der Waals surface area contributed by atoms with Gasteiger partial charge < -0.3 is 9.16 Å². The Morgan fingerprint density at radius 2 is 2.18 bits per heavy atom. The minimum Gasteiger partial charge on any atom is -0.525 e. The van der Waals surface area contributed by atoms with Gasteiger partial charge in [-0.3, -0.25) is 4.79 Å². The van der Waals surface area contributed by atoms with Crippen LogP contribution in [0.5, 0.6) is 0 Å². The molecule has 0 aliphatic heterocycles. The van der Waals surface area contributed by atoms with Crippen LogP contribution in [0, 0.1) is 0 Å². The first-order chi connectivity index (χ1) is 5.16. The molecule has 0 aromatic carbocycles. The maximum Gasteiger partial charge on any atom is 0.294 e. The molecule has 0 bridgehead atoms. The van der Waals surface area contributed by atoms with Crippen LogP contribution in [0.15, 0.2) is 0 Å². The standard InChI is InChI=1S/C7H16O3Si/c1-6(2)9-5-4-7(8)10-11-3/h6H,4-5,11H2,1-3H3. The van der Waals surface area contributed by atoms with E-state index in [0.717, 1.165) is 0 Å². The van der Waals surface area contributed by atoms with Crippen molar-refractivity contribution in [1.29, 1.82) is 0 Å². The smallest absolute Gasteiger partial charge is 0.294 e. The van der Waals surface area contributed by atoms with E-state index >= 15 is 0 Å². The Kier molecular flexibility index (Phi) is 6.16. The Bertz CT molecular complexity index is 114. The van der Waals surface area contributed by atoms with Crippen LogP contribution < -0.4 is 0 Å². The molecule has 0 unspecified atom stereocenters. The zero-order valence-electron chi connectivity index (χ0n) is 7.42. The predicted octanol–water partition coefficient (Wildman–Crippen LogP) is 0.477. The molecule has 0 rings (SSSR count). The van der Waals surface area contributed by atoms with Crippen molar-refractivity contribution in [2.24, 2.45) is 0 Å². The molecule has 0 saturated carbocycles.